The van der Waals surface area contributed by atoms with Crippen LogP contribution in [0.3, 0.4) is 0 Å². The minimum Gasteiger partial charge on any atom is -0.326 e. The number of halogens is 2. The summed E-state index contributed by atoms with van der Waals surface area (Å²) in [6.07, 6.45) is 0.455. The molecule has 0 aliphatic carbocycles. The zero-order valence-corrected chi connectivity index (χ0v) is 20.3. The summed E-state index contributed by atoms with van der Waals surface area (Å²) in [6, 6.07) is 20.8. The molecule has 1 unspecified atom stereocenters. The molecule has 7 heteroatoms. The number of amides is 3. The summed E-state index contributed by atoms with van der Waals surface area (Å²) in [5, 5.41) is 0.609. The molecule has 1 fully saturated rings. The Morgan fingerprint density at radius 3 is 2.48 bits per heavy atom. The summed E-state index contributed by atoms with van der Waals surface area (Å²) >= 11 is 9.49. The van der Waals surface area contributed by atoms with Crippen molar-refractivity contribution in [2.75, 3.05) is 11.4 Å². The quantitative estimate of drug-likeness (QED) is 0.403. The molecule has 0 N–H and O–H groups in total. The Labute approximate surface area is 206 Å². The Hall–Kier alpha value is -2.96. The van der Waals surface area contributed by atoms with Crippen LogP contribution in [0.5, 0.6) is 0 Å². The van der Waals surface area contributed by atoms with Crippen LogP contribution in [-0.2, 0) is 16.0 Å². The van der Waals surface area contributed by atoms with Crippen molar-refractivity contribution < 1.29 is 14.4 Å². The minimum absolute atomic E-state index is 0.0535. The summed E-state index contributed by atoms with van der Waals surface area (Å²) in [6.45, 7) is 2.14. The smallest absolute Gasteiger partial charge is 0.257 e. The predicted molar refractivity (Wildman–Crippen MR) is 132 cm³/mol. The van der Waals surface area contributed by atoms with E-state index in [1.165, 1.54) is 9.80 Å². The Morgan fingerprint density at radius 2 is 1.79 bits per heavy atom. The molecule has 0 aromatic heterocycles. The van der Waals surface area contributed by atoms with Crippen molar-refractivity contribution in [1.82, 2.24) is 4.90 Å². The first-order valence-corrected chi connectivity index (χ1v) is 11.8. The molecular weight excluding hydrogens is 504 g/mol. The molecule has 0 spiro atoms. The minimum atomic E-state index is -0.868. The van der Waals surface area contributed by atoms with Gasteiger partial charge in [0, 0.05) is 21.6 Å². The first-order chi connectivity index (χ1) is 15.8. The highest BCUT2D eigenvalue weighted by atomic mass is 79.9. The van der Waals surface area contributed by atoms with Crippen LogP contribution in [0.25, 0.3) is 0 Å². The Morgan fingerprint density at radius 1 is 1.06 bits per heavy atom. The van der Waals surface area contributed by atoms with Crippen LogP contribution in [0.15, 0.2) is 77.3 Å². The van der Waals surface area contributed by atoms with E-state index in [0.29, 0.717) is 22.7 Å². The van der Waals surface area contributed by atoms with Gasteiger partial charge < -0.3 is 4.90 Å². The summed E-state index contributed by atoms with van der Waals surface area (Å²) in [7, 11) is 0. The molecule has 1 saturated heterocycles. The van der Waals surface area contributed by atoms with Gasteiger partial charge in [0.15, 0.2) is 0 Å². The zero-order valence-electron chi connectivity index (χ0n) is 18.0. The normalized spacial score (nSPS) is 15.7. The van der Waals surface area contributed by atoms with Crippen LogP contribution in [0.1, 0.15) is 27.9 Å². The second kappa shape index (κ2) is 9.89. The lowest BCUT2D eigenvalue weighted by molar-refractivity contribution is -0.122. The van der Waals surface area contributed by atoms with E-state index < -0.39 is 11.9 Å². The third-order valence-corrected chi connectivity index (χ3v) is 6.51. The largest absolute Gasteiger partial charge is 0.326 e. The first-order valence-electron chi connectivity index (χ1n) is 10.6. The third kappa shape index (κ3) is 5.02. The average molecular weight is 526 g/mol. The maximum atomic E-state index is 13.6. The summed E-state index contributed by atoms with van der Waals surface area (Å²) < 4.78 is 0.847. The highest BCUT2D eigenvalue weighted by Crippen LogP contribution is 2.28. The van der Waals surface area contributed by atoms with E-state index in [9.17, 15) is 14.4 Å². The number of rotatable bonds is 6. The number of benzene rings is 3. The second-order valence-corrected chi connectivity index (χ2v) is 9.31. The second-order valence-electron chi connectivity index (χ2n) is 7.96. The van der Waals surface area contributed by atoms with Crippen molar-refractivity contribution in [2.24, 2.45) is 0 Å². The first kappa shape index (κ1) is 23.2. The molecule has 0 saturated carbocycles. The molecule has 3 aromatic rings. The number of nitrogens with zero attached hydrogens (tertiary/aromatic N) is 2. The number of imide groups is 1. The van der Waals surface area contributed by atoms with E-state index in [-0.39, 0.29) is 24.8 Å². The summed E-state index contributed by atoms with van der Waals surface area (Å²) in [5.41, 5.74) is 2.78. The van der Waals surface area contributed by atoms with Gasteiger partial charge in [0.1, 0.15) is 6.04 Å². The number of hydrogen-bond donors (Lipinski definition) is 0. The molecule has 1 heterocycles. The highest BCUT2D eigenvalue weighted by molar-refractivity contribution is 9.10. The molecule has 4 rings (SSSR count). The standard InChI is InChI=1S/C26H22BrClN2O3/c1-17-5-2-3-8-22(17)25(32)29(14-13-18-6-4-7-20(28)15-18)23-16-24(31)30(26(23)33)21-11-9-19(27)10-12-21/h2-12,15,23H,13-14,16H2,1H3. The SMILES string of the molecule is Cc1ccccc1C(=O)N(CCc1cccc(Cl)c1)C1CC(=O)N(c2ccc(Br)cc2)C1=O. The van der Waals surface area contributed by atoms with Crippen LogP contribution in [0.4, 0.5) is 5.69 Å². The van der Waals surface area contributed by atoms with E-state index in [4.69, 9.17) is 11.6 Å². The van der Waals surface area contributed by atoms with Gasteiger partial charge in [-0.05, 0) is 66.9 Å². The maximum absolute atomic E-state index is 13.6. The predicted octanol–water partition coefficient (Wildman–Crippen LogP) is 5.43. The van der Waals surface area contributed by atoms with Gasteiger partial charge in [-0.25, -0.2) is 4.90 Å². The lowest BCUT2D eigenvalue weighted by atomic mass is 10.0. The summed E-state index contributed by atoms with van der Waals surface area (Å²) in [4.78, 5) is 42.6. The van der Waals surface area contributed by atoms with Gasteiger partial charge in [0.25, 0.3) is 11.8 Å². The number of hydrogen-bond acceptors (Lipinski definition) is 3. The van der Waals surface area contributed by atoms with Crippen molar-refractivity contribution >= 4 is 50.9 Å². The van der Waals surface area contributed by atoms with Crippen LogP contribution in [0, 0.1) is 6.92 Å². The van der Waals surface area contributed by atoms with Gasteiger partial charge in [0.05, 0.1) is 12.1 Å². The monoisotopic (exact) mass is 524 g/mol. The van der Waals surface area contributed by atoms with Crippen LogP contribution in [-0.4, -0.2) is 35.2 Å². The van der Waals surface area contributed by atoms with Crippen molar-refractivity contribution in [3.05, 3.63) is 99.0 Å². The molecule has 1 atom stereocenters. The van der Waals surface area contributed by atoms with E-state index in [1.54, 1.807) is 42.5 Å². The van der Waals surface area contributed by atoms with E-state index >= 15 is 0 Å². The number of carbonyl (C=O) groups is 3. The molecule has 3 amide bonds. The van der Waals surface area contributed by atoms with Crippen LogP contribution in [0.2, 0.25) is 5.02 Å². The van der Waals surface area contributed by atoms with Crippen molar-refractivity contribution in [3.8, 4) is 0 Å². The molecule has 3 aromatic carbocycles. The molecule has 1 aliphatic rings. The maximum Gasteiger partial charge on any atom is 0.257 e. The highest BCUT2D eigenvalue weighted by Gasteiger charge is 2.44. The fourth-order valence-corrected chi connectivity index (χ4v) is 4.51. The van der Waals surface area contributed by atoms with Crippen LogP contribution < -0.4 is 4.90 Å². The van der Waals surface area contributed by atoms with Crippen LogP contribution >= 0.6 is 27.5 Å². The van der Waals surface area contributed by atoms with E-state index in [0.717, 1.165) is 15.6 Å². The number of carbonyl (C=O) groups excluding carboxylic acids is 3. The van der Waals surface area contributed by atoms with E-state index in [1.807, 2.05) is 37.3 Å². The topological polar surface area (TPSA) is 57.7 Å². The number of anilines is 1. The third-order valence-electron chi connectivity index (χ3n) is 5.75. The summed E-state index contributed by atoms with van der Waals surface area (Å²) in [5.74, 6) is -0.980. The average Bonchev–Trinajstić information content (AvgIpc) is 3.08. The van der Waals surface area contributed by atoms with E-state index in [2.05, 4.69) is 15.9 Å². The number of aryl methyl sites for hydroxylation is 1. The van der Waals surface area contributed by atoms with Gasteiger partial charge in [-0.2, -0.15) is 0 Å². The molecule has 1 aliphatic heterocycles. The lowest BCUT2D eigenvalue weighted by Crippen LogP contribution is -2.46. The van der Waals surface area contributed by atoms with Crippen molar-refractivity contribution in [1.29, 1.82) is 0 Å². The fourth-order valence-electron chi connectivity index (χ4n) is 4.03. The van der Waals surface area contributed by atoms with Gasteiger partial charge >= 0.3 is 0 Å². The van der Waals surface area contributed by atoms with Gasteiger partial charge in [-0.15, -0.1) is 0 Å². The van der Waals surface area contributed by atoms with Crippen molar-refractivity contribution in [3.63, 3.8) is 0 Å². The Bertz CT molecular complexity index is 1210. The van der Waals surface area contributed by atoms with Gasteiger partial charge in [0.2, 0.25) is 5.91 Å². The Kier molecular flexibility index (Phi) is 6.96. The molecular formula is C26H22BrClN2O3. The van der Waals surface area contributed by atoms with Gasteiger partial charge in [-0.1, -0.05) is 57.9 Å². The fraction of sp³-hybridized carbons (Fsp3) is 0.192. The molecule has 168 valence electrons. The molecule has 0 bridgehead atoms. The molecule has 33 heavy (non-hydrogen) atoms. The van der Waals surface area contributed by atoms with Crippen molar-refractivity contribution in [2.45, 2.75) is 25.8 Å². The Balaban J connectivity index is 1.65. The zero-order chi connectivity index (χ0) is 23.5. The van der Waals surface area contributed by atoms with Gasteiger partial charge in [-0.3, -0.25) is 14.4 Å². The molecule has 0 radical (unpaired) electrons. The lowest BCUT2D eigenvalue weighted by Gasteiger charge is -2.28. The molecule has 5 nitrogen and oxygen atoms in total.